The number of carbonyl (C=O) groups excluding carboxylic acids is 1. The fourth-order valence-corrected chi connectivity index (χ4v) is 0.362. The van der Waals surface area contributed by atoms with Crippen LogP contribution in [0.3, 0.4) is 0 Å². The molecule has 0 aromatic carbocycles. The molecule has 0 aromatic heterocycles. The average molecular weight is 152 g/mol. The molecule has 1 amide bonds. The number of carboxylic acid groups (broad SMARTS) is 1. The molecule has 0 aliphatic heterocycles. The van der Waals surface area contributed by atoms with Crippen LogP contribution in [0, 0.1) is 0 Å². The molecule has 0 radical (unpaired) electrons. The summed E-state index contributed by atoms with van der Waals surface area (Å²) >= 11 is 4.84. The Morgan fingerprint density at radius 1 is 1.44 bits per heavy atom. The van der Waals surface area contributed by atoms with Gasteiger partial charge in [0.2, 0.25) is 5.91 Å². The summed E-state index contributed by atoms with van der Waals surface area (Å²) in [5.41, 5.74) is 0. The van der Waals surface area contributed by atoms with Gasteiger partial charge in [0.25, 0.3) is 0 Å². The molecule has 0 unspecified atom stereocenters. The van der Waals surface area contributed by atoms with Crippen LogP contribution in [0.5, 0.6) is 0 Å². The molecule has 0 aliphatic carbocycles. The number of aliphatic carboxylic acids is 1. The van der Waals surface area contributed by atoms with Gasteiger partial charge in [-0.2, -0.15) is 0 Å². The van der Waals surface area contributed by atoms with E-state index in [2.05, 4.69) is 0 Å². The van der Waals surface area contributed by atoms with Crippen LogP contribution < -0.4 is 4.84 Å². The molecule has 4 nitrogen and oxygen atoms in total. The second kappa shape index (κ2) is 4.14. The molecule has 0 saturated carbocycles. The van der Waals surface area contributed by atoms with Crippen molar-refractivity contribution >= 4 is 23.7 Å². The number of hydrogen-bond donors (Lipinski definition) is 2. The highest BCUT2D eigenvalue weighted by atomic mass is 35.5. The summed E-state index contributed by atoms with van der Waals surface area (Å²) in [5.74, 6) is -1.48. The summed E-state index contributed by atoms with van der Waals surface area (Å²) < 4.78 is 0. The first kappa shape index (κ1) is 8.23. The van der Waals surface area contributed by atoms with E-state index >= 15 is 0 Å². The third kappa shape index (κ3) is 5.10. The maximum Gasteiger partial charge on any atom is 0.303 e. The van der Waals surface area contributed by atoms with Gasteiger partial charge in [-0.15, -0.1) is 0 Å². The van der Waals surface area contributed by atoms with Crippen molar-refractivity contribution in [2.45, 2.75) is 12.8 Å². The van der Waals surface area contributed by atoms with E-state index in [-0.39, 0.29) is 12.8 Å². The number of halogens is 1. The largest absolute Gasteiger partial charge is 0.481 e. The van der Waals surface area contributed by atoms with Gasteiger partial charge in [0.1, 0.15) is 0 Å². The standard InChI is InChI=1S/C4H6ClNO3/c5-6-3(7)1-2-4(8)9/h1-2H2,(H,6,7)(H,8,9). The monoisotopic (exact) mass is 151 g/mol. The van der Waals surface area contributed by atoms with Crippen molar-refractivity contribution in [3.05, 3.63) is 0 Å². The van der Waals surface area contributed by atoms with Gasteiger partial charge in [-0.05, 0) is 0 Å². The molecule has 0 aliphatic rings. The van der Waals surface area contributed by atoms with Crippen molar-refractivity contribution < 1.29 is 14.7 Å². The fourth-order valence-electron chi connectivity index (χ4n) is 0.268. The predicted molar refractivity (Wildman–Crippen MR) is 30.9 cm³/mol. The molecule has 0 aromatic rings. The van der Waals surface area contributed by atoms with Gasteiger partial charge in [0.05, 0.1) is 6.42 Å². The maximum atomic E-state index is 10.2. The molecule has 0 spiro atoms. The highest BCUT2D eigenvalue weighted by molar-refractivity contribution is 6.21. The van der Waals surface area contributed by atoms with Crippen LogP contribution in [0.25, 0.3) is 0 Å². The molecule has 0 atom stereocenters. The lowest BCUT2D eigenvalue weighted by Gasteiger charge is -1.91. The SMILES string of the molecule is O=C(O)CCC(=O)NCl. The number of amides is 1. The normalized spacial score (nSPS) is 8.56. The lowest BCUT2D eigenvalue weighted by Crippen LogP contribution is -2.13. The van der Waals surface area contributed by atoms with Crippen molar-refractivity contribution in [1.29, 1.82) is 0 Å². The maximum absolute atomic E-state index is 10.2. The first-order valence-corrected chi connectivity index (χ1v) is 2.66. The molecule has 52 valence electrons. The minimum atomic E-state index is -1.00. The molecule has 0 bridgehead atoms. The lowest BCUT2D eigenvalue weighted by atomic mass is 10.3. The van der Waals surface area contributed by atoms with E-state index in [1.807, 2.05) is 0 Å². The number of hydrogen-bond acceptors (Lipinski definition) is 2. The smallest absolute Gasteiger partial charge is 0.303 e. The van der Waals surface area contributed by atoms with Crippen molar-refractivity contribution in [3.8, 4) is 0 Å². The van der Waals surface area contributed by atoms with E-state index in [9.17, 15) is 9.59 Å². The van der Waals surface area contributed by atoms with Gasteiger partial charge >= 0.3 is 5.97 Å². The minimum absolute atomic E-state index is 0.0706. The number of carboxylic acids is 1. The van der Waals surface area contributed by atoms with E-state index in [4.69, 9.17) is 16.9 Å². The van der Waals surface area contributed by atoms with Crippen LogP contribution >= 0.6 is 11.8 Å². The summed E-state index contributed by atoms with van der Waals surface area (Å²) in [6.07, 6.45) is -0.253. The highest BCUT2D eigenvalue weighted by Gasteiger charge is 2.01. The van der Waals surface area contributed by atoms with Gasteiger partial charge in [0, 0.05) is 18.2 Å². The van der Waals surface area contributed by atoms with E-state index in [1.165, 1.54) is 0 Å². The molecule has 5 heteroatoms. The van der Waals surface area contributed by atoms with Gasteiger partial charge < -0.3 is 5.11 Å². The summed E-state index contributed by atoms with van der Waals surface area (Å²) in [5, 5.41) is 8.03. The van der Waals surface area contributed by atoms with Crippen LogP contribution in [0.15, 0.2) is 0 Å². The lowest BCUT2D eigenvalue weighted by molar-refractivity contribution is -0.138. The van der Waals surface area contributed by atoms with E-state index in [1.54, 1.807) is 4.84 Å². The van der Waals surface area contributed by atoms with Crippen LogP contribution in [-0.4, -0.2) is 17.0 Å². The summed E-state index contributed by atoms with van der Waals surface area (Å²) in [6.45, 7) is 0. The van der Waals surface area contributed by atoms with Crippen LogP contribution in [0.2, 0.25) is 0 Å². The molecule has 0 heterocycles. The first-order chi connectivity index (χ1) is 4.16. The second-order valence-corrected chi connectivity index (χ2v) is 1.60. The van der Waals surface area contributed by atoms with E-state index < -0.39 is 11.9 Å². The number of rotatable bonds is 3. The van der Waals surface area contributed by atoms with Crippen LogP contribution in [0.1, 0.15) is 12.8 Å². The topological polar surface area (TPSA) is 66.4 Å². The zero-order valence-corrected chi connectivity index (χ0v) is 5.31. The van der Waals surface area contributed by atoms with Gasteiger partial charge in [-0.25, -0.2) is 0 Å². The molecular weight excluding hydrogens is 146 g/mol. The Balaban J connectivity index is 3.28. The van der Waals surface area contributed by atoms with Crippen LogP contribution in [-0.2, 0) is 9.59 Å². The Labute approximate surface area is 56.9 Å². The highest BCUT2D eigenvalue weighted by Crippen LogP contribution is 1.87. The van der Waals surface area contributed by atoms with Gasteiger partial charge in [-0.3, -0.25) is 14.4 Å². The van der Waals surface area contributed by atoms with Crippen molar-refractivity contribution in [2.24, 2.45) is 0 Å². The Morgan fingerprint density at radius 2 is 2.00 bits per heavy atom. The molecular formula is C4H6ClNO3. The third-order valence-electron chi connectivity index (χ3n) is 0.671. The first-order valence-electron chi connectivity index (χ1n) is 2.28. The molecule has 2 N–H and O–H groups in total. The van der Waals surface area contributed by atoms with Gasteiger partial charge in [-0.1, -0.05) is 0 Å². The predicted octanol–water partition coefficient (Wildman–Crippen LogP) is 0.121. The summed E-state index contributed by atoms with van der Waals surface area (Å²) in [4.78, 5) is 21.8. The van der Waals surface area contributed by atoms with Crippen molar-refractivity contribution in [1.82, 2.24) is 4.84 Å². The second-order valence-electron chi connectivity index (χ2n) is 1.41. The Morgan fingerprint density at radius 3 is 2.33 bits per heavy atom. The van der Waals surface area contributed by atoms with Crippen molar-refractivity contribution in [3.63, 3.8) is 0 Å². The minimum Gasteiger partial charge on any atom is -0.481 e. The Hall–Kier alpha value is -0.770. The fraction of sp³-hybridized carbons (Fsp3) is 0.500. The summed E-state index contributed by atoms with van der Waals surface area (Å²) in [6, 6.07) is 0. The summed E-state index contributed by atoms with van der Waals surface area (Å²) in [7, 11) is 0. The Kier molecular flexibility index (Phi) is 3.79. The average Bonchev–Trinajstić information content (AvgIpc) is 1.83. The Bertz CT molecular complexity index is 125. The molecule has 9 heavy (non-hydrogen) atoms. The zero-order chi connectivity index (χ0) is 7.28. The zero-order valence-electron chi connectivity index (χ0n) is 4.56. The van der Waals surface area contributed by atoms with Crippen LogP contribution in [0.4, 0.5) is 0 Å². The van der Waals surface area contributed by atoms with Crippen molar-refractivity contribution in [2.75, 3.05) is 0 Å². The van der Waals surface area contributed by atoms with E-state index in [0.29, 0.717) is 0 Å². The quantitative estimate of drug-likeness (QED) is 0.563. The number of carbonyl (C=O) groups is 2. The molecule has 0 fully saturated rings. The van der Waals surface area contributed by atoms with Gasteiger partial charge in [0.15, 0.2) is 0 Å². The number of nitrogens with one attached hydrogen (secondary N) is 1. The molecule has 0 saturated heterocycles. The van der Waals surface area contributed by atoms with E-state index in [0.717, 1.165) is 0 Å². The molecule has 0 rings (SSSR count). The third-order valence-corrected chi connectivity index (χ3v) is 0.882.